The van der Waals surface area contributed by atoms with Gasteiger partial charge in [0, 0.05) is 19.6 Å². The van der Waals surface area contributed by atoms with E-state index in [1.807, 2.05) is 11.8 Å². The van der Waals surface area contributed by atoms with E-state index in [1.54, 1.807) is 0 Å². The molecule has 1 aliphatic rings. The molecule has 0 aromatic heterocycles. The van der Waals surface area contributed by atoms with Gasteiger partial charge in [0.05, 0.1) is 0 Å². The molecule has 1 saturated heterocycles. The summed E-state index contributed by atoms with van der Waals surface area (Å²) in [4.78, 5) is 2.60. The summed E-state index contributed by atoms with van der Waals surface area (Å²) in [7, 11) is 0. The molecule has 13 heavy (non-hydrogen) atoms. The van der Waals surface area contributed by atoms with Crippen LogP contribution in [0.1, 0.15) is 13.3 Å². The summed E-state index contributed by atoms with van der Waals surface area (Å²) < 4.78 is 0. The Hall–Kier alpha value is 0.270. The highest BCUT2D eigenvalue weighted by molar-refractivity contribution is 7.98. The summed E-state index contributed by atoms with van der Waals surface area (Å²) >= 11 is 1.96. The second-order valence-corrected chi connectivity index (χ2v) is 4.88. The Morgan fingerprint density at radius 3 is 3.00 bits per heavy atom. The molecule has 1 heterocycles. The number of hydrogen-bond acceptors (Lipinski definition) is 3. The molecule has 1 atom stereocenters. The third kappa shape index (κ3) is 4.89. The van der Waals surface area contributed by atoms with Crippen molar-refractivity contribution < 1.29 is 0 Å². The maximum atomic E-state index is 3.44. The van der Waals surface area contributed by atoms with Gasteiger partial charge in [-0.1, -0.05) is 6.92 Å². The molecule has 0 aromatic carbocycles. The first-order chi connectivity index (χ1) is 6.33. The maximum Gasteiger partial charge on any atom is 0.0107 e. The van der Waals surface area contributed by atoms with Crippen LogP contribution in [0.15, 0.2) is 0 Å². The largest absolute Gasteiger partial charge is 0.315 e. The van der Waals surface area contributed by atoms with E-state index in [0.29, 0.717) is 0 Å². The van der Waals surface area contributed by atoms with E-state index in [1.165, 1.54) is 44.9 Å². The number of rotatable bonds is 4. The highest BCUT2D eigenvalue weighted by atomic mass is 32.2. The van der Waals surface area contributed by atoms with E-state index in [-0.39, 0.29) is 0 Å². The van der Waals surface area contributed by atoms with E-state index in [9.17, 15) is 0 Å². The third-order valence-corrected chi connectivity index (χ3v) is 3.36. The number of nitrogens with one attached hydrogen (secondary N) is 1. The summed E-state index contributed by atoms with van der Waals surface area (Å²) in [6.45, 7) is 8.53. The topological polar surface area (TPSA) is 15.3 Å². The van der Waals surface area contributed by atoms with Crippen molar-refractivity contribution >= 4 is 11.8 Å². The first kappa shape index (κ1) is 11.3. The van der Waals surface area contributed by atoms with Gasteiger partial charge in [-0.05, 0) is 37.4 Å². The number of hydrogen-bond donors (Lipinski definition) is 1. The lowest BCUT2D eigenvalue weighted by atomic mass is 10.2. The minimum Gasteiger partial charge on any atom is -0.315 e. The van der Waals surface area contributed by atoms with Crippen LogP contribution in [-0.2, 0) is 0 Å². The van der Waals surface area contributed by atoms with Crippen molar-refractivity contribution in [1.29, 1.82) is 0 Å². The van der Waals surface area contributed by atoms with E-state index in [4.69, 9.17) is 0 Å². The molecule has 1 fully saturated rings. The molecule has 1 aliphatic heterocycles. The van der Waals surface area contributed by atoms with Gasteiger partial charge in [-0.2, -0.15) is 11.8 Å². The number of thioether (sulfide) groups is 1. The SMILES string of the molecule is CSCC(C)CN1CCCNCC1. The van der Waals surface area contributed by atoms with Crippen molar-refractivity contribution in [2.45, 2.75) is 13.3 Å². The van der Waals surface area contributed by atoms with Gasteiger partial charge in [0.15, 0.2) is 0 Å². The molecule has 1 rings (SSSR count). The Morgan fingerprint density at radius 1 is 1.38 bits per heavy atom. The normalized spacial score (nSPS) is 22.6. The van der Waals surface area contributed by atoms with Crippen LogP contribution in [0.4, 0.5) is 0 Å². The van der Waals surface area contributed by atoms with Crippen LogP contribution in [0.2, 0.25) is 0 Å². The van der Waals surface area contributed by atoms with Crippen LogP contribution in [0.3, 0.4) is 0 Å². The van der Waals surface area contributed by atoms with Crippen molar-refractivity contribution in [2.24, 2.45) is 5.92 Å². The average Bonchev–Trinajstić information content (AvgIpc) is 2.33. The highest BCUT2D eigenvalue weighted by Crippen LogP contribution is 2.07. The van der Waals surface area contributed by atoms with Gasteiger partial charge in [-0.15, -0.1) is 0 Å². The Bertz CT molecular complexity index is 122. The minimum absolute atomic E-state index is 0.841. The first-order valence-corrected chi connectivity index (χ1v) is 6.64. The van der Waals surface area contributed by atoms with Gasteiger partial charge in [-0.25, -0.2) is 0 Å². The fraction of sp³-hybridized carbons (Fsp3) is 1.00. The lowest BCUT2D eigenvalue weighted by Gasteiger charge is -2.23. The molecular formula is C10H22N2S. The summed E-state index contributed by atoms with van der Waals surface area (Å²) in [5.74, 6) is 2.14. The molecule has 3 heteroatoms. The van der Waals surface area contributed by atoms with E-state index >= 15 is 0 Å². The molecule has 1 N–H and O–H groups in total. The van der Waals surface area contributed by atoms with Crippen molar-refractivity contribution in [3.05, 3.63) is 0 Å². The summed E-state index contributed by atoms with van der Waals surface area (Å²) in [6, 6.07) is 0. The van der Waals surface area contributed by atoms with Gasteiger partial charge >= 0.3 is 0 Å². The Morgan fingerprint density at radius 2 is 2.23 bits per heavy atom. The summed E-state index contributed by atoms with van der Waals surface area (Å²) in [6.07, 6.45) is 3.51. The third-order valence-electron chi connectivity index (χ3n) is 2.45. The van der Waals surface area contributed by atoms with E-state index < -0.39 is 0 Å². The van der Waals surface area contributed by atoms with Crippen LogP contribution in [0.25, 0.3) is 0 Å². The fourth-order valence-corrected chi connectivity index (χ4v) is 2.54. The smallest absolute Gasteiger partial charge is 0.0107 e. The second kappa shape index (κ2) is 6.68. The number of nitrogens with zero attached hydrogens (tertiary/aromatic N) is 1. The fourth-order valence-electron chi connectivity index (χ4n) is 1.86. The van der Waals surface area contributed by atoms with Crippen molar-refractivity contribution in [3.8, 4) is 0 Å². The van der Waals surface area contributed by atoms with Crippen LogP contribution >= 0.6 is 11.8 Å². The zero-order chi connectivity index (χ0) is 9.52. The second-order valence-electron chi connectivity index (χ2n) is 3.96. The molecule has 2 nitrogen and oxygen atoms in total. The standard InChI is InChI=1S/C10H22N2S/c1-10(9-13-2)8-12-6-3-4-11-5-7-12/h10-11H,3-9H2,1-2H3. The summed E-state index contributed by atoms with van der Waals surface area (Å²) in [5, 5.41) is 3.44. The maximum absolute atomic E-state index is 3.44. The lowest BCUT2D eigenvalue weighted by Crippen LogP contribution is -2.32. The van der Waals surface area contributed by atoms with E-state index in [0.717, 1.165) is 5.92 Å². The van der Waals surface area contributed by atoms with Gasteiger partial charge in [0.25, 0.3) is 0 Å². The zero-order valence-corrected chi connectivity index (χ0v) is 9.70. The molecule has 0 aromatic rings. The van der Waals surface area contributed by atoms with Gasteiger partial charge < -0.3 is 10.2 Å². The molecule has 0 saturated carbocycles. The molecule has 0 bridgehead atoms. The van der Waals surface area contributed by atoms with Crippen LogP contribution in [0.5, 0.6) is 0 Å². The predicted molar refractivity (Wildman–Crippen MR) is 61.5 cm³/mol. The zero-order valence-electron chi connectivity index (χ0n) is 8.88. The summed E-state index contributed by atoms with van der Waals surface area (Å²) in [5.41, 5.74) is 0. The van der Waals surface area contributed by atoms with Crippen LogP contribution in [-0.4, -0.2) is 49.6 Å². The molecule has 78 valence electrons. The van der Waals surface area contributed by atoms with Gasteiger partial charge in [-0.3, -0.25) is 0 Å². The van der Waals surface area contributed by atoms with Gasteiger partial charge in [0.2, 0.25) is 0 Å². The highest BCUT2D eigenvalue weighted by Gasteiger charge is 2.11. The quantitative estimate of drug-likeness (QED) is 0.739. The molecule has 0 radical (unpaired) electrons. The average molecular weight is 202 g/mol. The Kier molecular flexibility index (Phi) is 5.83. The van der Waals surface area contributed by atoms with E-state index in [2.05, 4.69) is 23.4 Å². The molecule has 0 aliphatic carbocycles. The van der Waals surface area contributed by atoms with Gasteiger partial charge in [0.1, 0.15) is 0 Å². The monoisotopic (exact) mass is 202 g/mol. The van der Waals surface area contributed by atoms with Crippen LogP contribution < -0.4 is 5.32 Å². The van der Waals surface area contributed by atoms with Crippen molar-refractivity contribution in [3.63, 3.8) is 0 Å². The minimum atomic E-state index is 0.841. The van der Waals surface area contributed by atoms with Crippen molar-refractivity contribution in [2.75, 3.05) is 44.7 Å². The first-order valence-electron chi connectivity index (χ1n) is 5.25. The molecule has 1 unspecified atom stereocenters. The molecular weight excluding hydrogens is 180 g/mol. The van der Waals surface area contributed by atoms with Crippen molar-refractivity contribution in [1.82, 2.24) is 10.2 Å². The van der Waals surface area contributed by atoms with Crippen LogP contribution in [0, 0.1) is 5.92 Å². The molecule has 0 spiro atoms. The Balaban J connectivity index is 2.17. The lowest BCUT2D eigenvalue weighted by molar-refractivity contribution is 0.262. The molecule has 0 amide bonds. The Labute approximate surface area is 86.5 Å². The predicted octanol–water partition coefficient (Wildman–Crippen LogP) is 1.28.